The van der Waals surface area contributed by atoms with Crippen molar-refractivity contribution in [2.24, 2.45) is 5.92 Å². The minimum atomic E-state index is 0.0634. The third kappa shape index (κ3) is 4.91. The largest absolute Gasteiger partial charge is 0.489 e. The topological polar surface area (TPSA) is 35.5 Å². The summed E-state index contributed by atoms with van der Waals surface area (Å²) in [4.78, 5) is 12.2. The van der Waals surface area contributed by atoms with Crippen LogP contribution in [0.5, 0.6) is 11.5 Å². The first-order valence-electron chi connectivity index (χ1n) is 10.7. The lowest BCUT2D eigenvalue weighted by Crippen LogP contribution is -2.15. The lowest BCUT2D eigenvalue weighted by atomic mass is 9.86. The molecule has 1 aliphatic rings. The SMILES string of the molecule is CC(=O)[C@H]1CCC[C@H]1c1cc(OCc2ccccc2)ccc1OCc1ccccc1. The van der Waals surface area contributed by atoms with E-state index in [1.165, 1.54) is 0 Å². The van der Waals surface area contributed by atoms with Gasteiger partial charge in [0, 0.05) is 11.5 Å². The summed E-state index contributed by atoms with van der Waals surface area (Å²) < 4.78 is 12.3. The molecular formula is C27H28O3. The van der Waals surface area contributed by atoms with Crippen molar-refractivity contribution < 1.29 is 14.3 Å². The lowest BCUT2D eigenvalue weighted by Gasteiger charge is -2.22. The summed E-state index contributed by atoms with van der Waals surface area (Å²) in [5.74, 6) is 2.18. The van der Waals surface area contributed by atoms with E-state index in [1.54, 1.807) is 6.92 Å². The summed E-state index contributed by atoms with van der Waals surface area (Å²) in [6, 6.07) is 26.3. The fourth-order valence-electron chi connectivity index (χ4n) is 4.33. The predicted octanol–water partition coefficient (Wildman–Crippen LogP) is 6.32. The molecule has 3 aromatic carbocycles. The van der Waals surface area contributed by atoms with Gasteiger partial charge in [0.1, 0.15) is 30.5 Å². The second kappa shape index (κ2) is 9.62. The molecule has 0 aromatic heterocycles. The summed E-state index contributed by atoms with van der Waals surface area (Å²) in [5, 5.41) is 0. The zero-order valence-electron chi connectivity index (χ0n) is 17.4. The predicted molar refractivity (Wildman–Crippen MR) is 119 cm³/mol. The van der Waals surface area contributed by atoms with Gasteiger partial charge in [-0.05, 0) is 55.0 Å². The zero-order valence-corrected chi connectivity index (χ0v) is 17.4. The molecule has 0 bridgehead atoms. The molecule has 0 radical (unpaired) electrons. The summed E-state index contributed by atoms with van der Waals surface area (Å²) >= 11 is 0. The van der Waals surface area contributed by atoms with E-state index in [1.807, 2.05) is 48.5 Å². The van der Waals surface area contributed by atoms with Gasteiger partial charge < -0.3 is 9.47 Å². The van der Waals surface area contributed by atoms with Crippen LogP contribution in [0.2, 0.25) is 0 Å². The van der Waals surface area contributed by atoms with Crippen LogP contribution in [0.1, 0.15) is 48.8 Å². The number of hydrogen-bond acceptors (Lipinski definition) is 3. The molecule has 0 amide bonds. The lowest BCUT2D eigenvalue weighted by molar-refractivity contribution is -0.120. The molecule has 3 aromatic rings. The Bertz CT molecular complexity index is 966. The number of Topliss-reactive ketones (excluding diaryl/α,β-unsaturated/α-hetero) is 1. The van der Waals surface area contributed by atoms with E-state index >= 15 is 0 Å². The molecule has 0 N–H and O–H groups in total. The van der Waals surface area contributed by atoms with Crippen LogP contribution in [0.4, 0.5) is 0 Å². The number of carbonyl (C=O) groups is 1. The van der Waals surface area contributed by atoms with Gasteiger partial charge in [0.25, 0.3) is 0 Å². The first-order valence-corrected chi connectivity index (χ1v) is 10.7. The van der Waals surface area contributed by atoms with Crippen LogP contribution < -0.4 is 9.47 Å². The molecule has 1 aliphatic carbocycles. The number of ether oxygens (including phenoxy) is 2. The highest BCUT2D eigenvalue weighted by atomic mass is 16.5. The second-order valence-corrected chi connectivity index (χ2v) is 8.00. The van der Waals surface area contributed by atoms with E-state index in [0.717, 1.165) is 47.5 Å². The van der Waals surface area contributed by atoms with Crippen molar-refractivity contribution in [2.45, 2.75) is 45.3 Å². The highest BCUT2D eigenvalue weighted by Crippen LogP contribution is 2.44. The summed E-state index contributed by atoms with van der Waals surface area (Å²) in [6.45, 7) is 2.74. The van der Waals surface area contributed by atoms with Crippen LogP contribution in [-0.4, -0.2) is 5.78 Å². The molecule has 2 atom stereocenters. The van der Waals surface area contributed by atoms with E-state index in [0.29, 0.717) is 13.2 Å². The highest BCUT2D eigenvalue weighted by molar-refractivity contribution is 5.80. The average molecular weight is 401 g/mol. The van der Waals surface area contributed by atoms with Gasteiger partial charge in [-0.1, -0.05) is 67.1 Å². The van der Waals surface area contributed by atoms with Gasteiger partial charge in [0.2, 0.25) is 0 Å². The number of rotatable bonds is 8. The van der Waals surface area contributed by atoms with Crippen LogP contribution in [0.25, 0.3) is 0 Å². The molecule has 0 unspecified atom stereocenters. The third-order valence-corrected chi connectivity index (χ3v) is 5.90. The van der Waals surface area contributed by atoms with Crippen molar-refractivity contribution >= 4 is 5.78 Å². The number of hydrogen-bond donors (Lipinski definition) is 0. The van der Waals surface area contributed by atoms with E-state index < -0.39 is 0 Å². The van der Waals surface area contributed by atoms with Crippen molar-refractivity contribution in [3.63, 3.8) is 0 Å². The quantitative estimate of drug-likeness (QED) is 0.444. The Morgan fingerprint density at radius 1 is 0.833 bits per heavy atom. The van der Waals surface area contributed by atoms with Gasteiger partial charge in [-0.25, -0.2) is 0 Å². The molecule has 1 saturated carbocycles. The van der Waals surface area contributed by atoms with Crippen molar-refractivity contribution in [1.29, 1.82) is 0 Å². The van der Waals surface area contributed by atoms with Crippen LogP contribution >= 0.6 is 0 Å². The molecule has 4 rings (SSSR count). The number of benzene rings is 3. The first-order chi connectivity index (χ1) is 14.7. The molecule has 3 nitrogen and oxygen atoms in total. The summed E-state index contributed by atoms with van der Waals surface area (Å²) in [5.41, 5.74) is 3.35. The molecule has 30 heavy (non-hydrogen) atoms. The van der Waals surface area contributed by atoms with Crippen molar-refractivity contribution in [1.82, 2.24) is 0 Å². The number of carbonyl (C=O) groups excluding carboxylic acids is 1. The Hall–Kier alpha value is -3.07. The zero-order chi connectivity index (χ0) is 20.8. The van der Waals surface area contributed by atoms with Crippen LogP contribution in [-0.2, 0) is 18.0 Å². The summed E-state index contributed by atoms with van der Waals surface area (Å²) in [7, 11) is 0. The van der Waals surface area contributed by atoms with Gasteiger partial charge >= 0.3 is 0 Å². The Kier molecular flexibility index (Phi) is 6.48. The minimum Gasteiger partial charge on any atom is -0.489 e. The van der Waals surface area contributed by atoms with Gasteiger partial charge in [-0.2, -0.15) is 0 Å². The molecule has 0 saturated heterocycles. The maximum Gasteiger partial charge on any atom is 0.133 e. The molecule has 0 heterocycles. The monoisotopic (exact) mass is 400 g/mol. The van der Waals surface area contributed by atoms with Crippen LogP contribution in [0, 0.1) is 5.92 Å². The first kappa shape index (κ1) is 20.2. The van der Waals surface area contributed by atoms with Gasteiger partial charge in [0.15, 0.2) is 0 Å². The molecule has 3 heteroatoms. The van der Waals surface area contributed by atoms with Gasteiger partial charge in [-0.15, -0.1) is 0 Å². The van der Waals surface area contributed by atoms with Crippen molar-refractivity contribution in [3.8, 4) is 11.5 Å². The normalized spacial score (nSPS) is 18.2. The Morgan fingerprint density at radius 2 is 1.47 bits per heavy atom. The minimum absolute atomic E-state index is 0.0634. The molecule has 1 fully saturated rings. The van der Waals surface area contributed by atoms with E-state index in [2.05, 4.69) is 30.3 Å². The van der Waals surface area contributed by atoms with Gasteiger partial charge in [0.05, 0.1) is 0 Å². The Labute approximate surface area is 178 Å². The molecule has 154 valence electrons. The smallest absolute Gasteiger partial charge is 0.133 e. The fraction of sp³-hybridized carbons (Fsp3) is 0.296. The van der Waals surface area contributed by atoms with Gasteiger partial charge in [-0.3, -0.25) is 4.79 Å². The standard InChI is InChI=1S/C27H28O3/c1-20(28)24-13-8-14-25(24)26-17-23(29-18-21-9-4-2-5-10-21)15-16-27(26)30-19-22-11-6-3-7-12-22/h2-7,9-12,15-17,24-25H,8,13-14,18-19H2,1H3/t24-,25-/m1/s1. The van der Waals surface area contributed by atoms with E-state index in [4.69, 9.17) is 9.47 Å². The van der Waals surface area contributed by atoms with Crippen LogP contribution in [0.15, 0.2) is 78.9 Å². The van der Waals surface area contributed by atoms with Crippen molar-refractivity contribution in [3.05, 3.63) is 95.6 Å². The molecule has 0 spiro atoms. The maximum atomic E-state index is 12.2. The Balaban J connectivity index is 1.57. The third-order valence-electron chi connectivity index (χ3n) is 5.90. The summed E-state index contributed by atoms with van der Waals surface area (Å²) in [6.07, 6.45) is 3.03. The second-order valence-electron chi connectivity index (χ2n) is 8.00. The highest BCUT2D eigenvalue weighted by Gasteiger charge is 2.33. The van der Waals surface area contributed by atoms with Crippen LogP contribution in [0.3, 0.4) is 0 Å². The van der Waals surface area contributed by atoms with E-state index in [9.17, 15) is 4.79 Å². The maximum absolute atomic E-state index is 12.2. The fourth-order valence-corrected chi connectivity index (χ4v) is 4.33. The van der Waals surface area contributed by atoms with Crippen molar-refractivity contribution in [2.75, 3.05) is 0 Å². The average Bonchev–Trinajstić information content (AvgIpc) is 3.28. The van der Waals surface area contributed by atoms with E-state index in [-0.39, 0.29) is 17.6 Å². The Morgan fingerprint density at radius 3 is 2.10 bits per heavy atom. The molecule has 0 aliphatic heterocycles. The molecular weight excluding hydrogens is 372 g/mol. The number of ketones is 1.